The van der Waals surface area contributed by atoms with E-state index in [9.17, 15) is 18.0 Å². The second-order valence-corrected chi connectivity index (χ2v) is 7.43. The molecule has 2 N–H and O–H groups in total. The Bertz CT molecular complexity index is 1130. The van der Waals surface area contributed by atoms with Crippen LogP contribution in [-0.2, 0) is 17.5 Å². The molecule has 0 aliphatic heterocycles. The van der Waals surface area contributed by atoms with Crippen LogP contribution in [0.25, 0.3) is 23.4 Å². The quantitative estimate of drug-likeness (QED) is 0.455. The summed E-state index contributed by atoms with van der Waals surface area (Å²) in [6, 6.07) is 14.2. The predicted molar refractivity (Wildman–Crippen MR) is 119 cm³/mol. The predicted octanol–water partition coefficient (Wildman–Crippen LogP) is 5.81. The second-order valence-electron chi connectivity index (χ2n) is 7.43. The molecule has 0 bridgehead atoms. The average Bonchev–Trinajstić information content (AvgIpc) is 2.76. The fraction of sp³-hybridized carbons (Fsp3) is 0.200. The topological polar surface area (TPSA) is 62.2 Å². The Morgan fingerprint density at radius 1 is 1.09 bits per heavy atom. The summed E-state index contributed by atoms with van der Waals surface area (Å²) in [6.45, 7) is 3.52. The van der Waals surface area contributed by atoms with Gasteiger partial charge in [0, 0.05) is 18.3 Å². The summed E-state index contributed by atoms with van der Waals surface area (Å²) in [5, 5.41) is 11.8. The van der Waals surface area contributed by atoms with Gasteiger partial charge in [0.1, 0.15) is 6.04 Å². The molecule has 0 aliphatic carbocycles. The van der Waals surface area contributed by atoms with Gasteiger partial charge in [-0.1, -0.05) is 42.5 Å². The van der Waals surface area contributed by atoms with Gasteiger partial charge in [0.25, 0.3) is 0 Å². The normalized spacial score (nSPS) is 12.8. The molecule has 32 heavy (non-hydrogen) atoms. The van der Waals surface area contributed by atoms with Crippen molar-refractivity contribution in [2.45, 2.75) is 32.6 Å². The van der Waals surface area contributed by atoms with Crippen LogP contribution in [0.5, 0.6) is 0 Å². The lowest BCUT2D eigenvalue weighted by molar-refractivity contribution is -0.139. The van der Waals surface area contributed by atoms with Crippen molar-refractivity contribution in [1.82, 2.24) is 10.3 Å². The highest BCUT2D eigenvalue weighted by atomic mass is 19.4. The molecule has 0 fully saturated rings. The molecule has 0 aliphatic rings. The molecule has 7 heteroatoms. The summed E-state index contributed by atoms with van der Waals surface area (Å²) in [6.07, 6.45) is 0.281. The van der Waals surface area contributed by atoms with Crippen LogP contribution in [0.4, 0.5) is 13.2 Å². The molecule has 2 aromatic carbocycles. The van der Waals surface area contributed by atoms with E-state index in [2.05, 4.69) is 10.3 Å². The Morgan fingerprint density at radius 2 is 1.84 bits per heavy atom. The van der Waals surface area contributed by atoms with E-state index in [0.717, 1.165) is 28.5 Å². The van der Waals surface area contributed by atoms with Crippen LogP contribution in [0.3, 0.4) is 0 Å². The van der Waals surface area contributed by atoms with Gasteiger partial charge in [-0.15, -0.1) is 0 Å². The highest BCUT2D eigenvalue weighted by Crippen LogP contribution is 2.34. The van der Waals surface area contributed by atoms with Crippen molar-refractivity contribution in [3.05, 3.63) is 88.6 Å². The number of halogens is 3. The number of rotatable bonds is 7. The van der Waals surface area contributed by atoms with Crippen molar-refractivity contribution in [3.63, 3.8) is 0 Å². The summed E-state index contributed by atoms with van der Waals surface area (Å²) in [5.74, 6) is -1.03. The smallest absolute Gasteiger partial charge is 0.416 e. The van der Waals surface area contributed by atoms with Gasteiger partial charge in [0.2, 0.25) is 0 Å². The molecule has 1 heterocycles. The van der Waals surface area contributed by atoms with Crippen molar-refractivity contribution < 1.29 is 23.1 Å². The van der Waals surface area contributed by atoms with E-state index in [1.54, 1.807) is 12.3 Å². The largest absolute Gasteiger partial charge is 0.480 e. The van der Waals surface area contributed by atoms with Crippen molar-refractivity contribution in [2.24, 2.45) is 0 Å². The third-order valence-corrected chi connectivity index (χ3v) is 5.16. The number of aliphatic carboxylic acids is 1. The first kappa shape index (κ1) is 23.2. The highest BCUT2D eigenvalue weighted by molar-refractivity contribution is 5.77. The van der Waals surface area contributed by atoms with Crippen LogP contribution in [0.15, 0.2) is 60.8 Å². The number of carboxylic acids is 1. The van der Waals surface area contributed by atoms with E-state index in [1.165, 1.54) is 25.1 Å². The van der Waals surface area contributed by atoms with E-state index < -0.39 is 23.8 Å². The fourth-order valence-corrected chi connectivity index (χ4v) is 3.29. The van der Waals surface area contributed by atoms with Crippen LogP contribution < -0.4 is 5.32 Å². The van der Waals surface area contributed by atoms with Crippen LogP contribution >= 0.6 is 0 Å². The summed E-state index contributed by atoms with van der Waals surface area (Å²) in [4.78, 5) is 15.3. The Labute approximate surface area is 184 Å². The molecule has 3 aromatic rings. The maximum atomic E-state index is 13.6. The zero-order valence-corrected chi connectivity index (χ0v) is 17.6. The van der Waals surface area contributed by atoms with Gasteiger partial charge in [-0.25, -0.2) is 0 Å². The van der Waals surface area contributed by atoms with Gasteiger partial charge < -0.3 is 10.4 Å². The second kappa shape index (κ2) is 9.78. The SMILES string of the molecule is Cc1c(/C=C/c2cc(CNC(C)C(=O)O)ccc2C(F)(F)F)cccc1-c1ccccn1. The molecular weight excluding hydrogens is 417 g/mol. The number of hydrogen-bond acceptors (Lipinski definition) is 3. The molecule has 166 valence electrons. The number of carbonyl (C=O) groups is 1. The zero-order chi connectivity index (χ0) is 23.3. The third-order valence-electron chi connectivity index (χ3n) is 5.16. The maximum Gasteiger partial charge on any atom is 0.416 e. The van der Waals surface area contributed by atoms with Crippen molar-refractivity contribution >= 4 is 18.1 Å². The molecule has 1 atom stereocenters. The van der Waals surface area contributed by atoms with Gasteiger partial charge in [0.15, 0.2) is 0 Å². The molecule has 3 rings (SSSR count). The molecule has 0 amide bonds. The van der Waals surface area contributed by atoms with Gasteiger partial charge in [-0.3, -0.25) is 9.78 Å². The number of alkyl halides is 3. The monoisotopic (exact) mass is 440 g/mol. The Hall–Kier alpha value is -3.45. The first-order valence-electron chi connectivity index (χ1n) is 10.0. The maximum absolute atomic E-state index is 13.6. The molecule has 1 unspecified atom stereocenters. The summed E-state index contributed by atoms with van der Waals surface area (Å²) in [5.41, 5.74) is 3.21. The lowest BCUT2D eigenvalue weighted by atomic mass is 9.97. The fourth-order valence-electron chi connectivity index (χ4n) is 3.29. The minimum absolute atomic E-state index is 0.0161. The number of pyridine rings is 1. The Balaban J connectivity index is 1.94. The number of benzene rings is 2. The molecule has 0 saturated carbocycles. The van der Waals surface area contributed by atoms with Gasteiger partial charge >= 0.3 is 12.1 Å². The van der Waals surface area contributed by atoms with E-state index >= 15 is 0 Å². The van der Waals surface area contributed by atoms with E-state index in [4.69, 9.17) is 5.11 Å². The first-order valence-corrected chi connectivity index (χ1v) is 10.0. The van der Waals surface area contributed by atoms with E-state index in [1.807, 2.05) is 43.3 Å². The van der Waals surface area contributed by atoms with Crippen LogP contribution in [0.1, 0.15) is 34.7 Å². The van der Waals surface area contributed by atoms with E-state index in [0.29, 0.717) is 5.56 Å². The van der Waals surface area contributed by atoms with Gasteiger partial charge in [-0.2, -0.15) is 13.2 Å². The van der Waals surface area contributed by atoms with Crippen molar-refractivity contribution in [2.75, 3.05) is 0 Å². The molecule has 1 aromatic heterocycles. The lowest BCUT2D eigenvalue weighted by Crippen LogP contribution is -2.33. The molecular formula is C25H23F3N2O2. The number of hydrogen-bond donors (Lipinski definition) is 2. The highest BCUT2D eigenvalue weighted by Gasteiger charge is 2.32. The molecule has 0 spiro atoms. The Kier molecular flexibility index (Phi) is 7.10. The van der Waals surface area contributed by atoms with Crippen LogP contribution in [0, 0.1) is 6.92 Å². The van der Waals surface area contributed by atoms with Crippen molar-refractivity contribution in [3.8, 4) is 11.3 Å². The molecule has 0 radical (unpaired) electrons. The molecule has 4 nitrogen and oxygen atoms in total. The molecule has 0 saturated heterocycles. The van der Waals surface area contributed by atoms with Crippen LogP contribution in [0.2, 0.25) is 0 Å². The first-order chi connectivity index (χ1) is 15.2. The summed E-state index contributed by atoms with van der Waals surface area (Å²) in [7, 11) is 0. The zero-order valence-electron chi connectivity index (χ0n) is 17.6. The lowest BCUT2D eigenvalue weighted by Gasteiger charge is -2.14. The number of aromatic nitrogens is 1. The van der Waals surface area contributed by atoms with Crippen molar-refractivity contribution in [1.29, 1.82) is 0 Å². The average molecular weight is 440 g/mol. The summed E-state index contributed by atoms with van der Waals surface area (Å²) < 4.78 is 40.7. The van der Waals surface area contributed by atoms with Gasteiger partial charge in [0.05, 0.1) is 11.3 Å². The third kappa shape index (κ3) is 5.62. The minimum Gasteiger partial charge on any atom is -0.480 e. The standard InChI is InChI=1S/C25H23F3N2O2/c1-16-19(6-5-7-21(16)23-8-3-4-13-29-23)10-11-20-14-18(15-30-17(2)24(31)32)9-12-22(20)25(26,27)28/h3-14,17,30H,15H2,1-2H3,(H,31,32)/b11-10+. The van der Waals surface area contributed by atoms with E-state index in [-0.39, 0.29) is 12.1 Å². The number of carboxylic acid groups (broad SMARTS) is 1. The number of nitrogens with one attached hydrogen (secondary N) is 1. The summed E-state index contributed by atoms with van der Waals surface area (Å²) >= 11 is 0. The minimum atomic E-state index is -4.51. The van der Waals surface area contributed by atoms with Crippen LogP contribution in [-0.4, -0.2) is 22.1 Å². The number of nitrogens with zero attached hydrogens (tertiary/aromatic N) is 1. The Morgan fingerprint density at radius 3 is 2.50 bits per heavy atom. The van der Waals surface area contributed by atoms with Gasteiger partial charge in [-0.05, 0) is 60.4 Å².